The highest BCUT2D eigenvalue weighted by Crippen LogP contribution is 2.37. The molecule has 1 aromatic carbocycles. The fraction of sp³-hybridized carbons (Fsp3) is 0. The lowest BCUT2D eigenvalue weighted by Crippen LogP contribution is -2.18. The average molecular weight is 322 g/mol. The topological polar surface area (TPSA) is 69.2 Å². The highest BCUT2D eigenvalue weighted by atomic mass is 32.2. The molecule has 0 amide bonds. The summed E-state index contributed by atoms with van der Waals surface area (Å²) in [6.07, 6.45) is 0. The van der Waals surface area contributed by atoms with Gasteiger partial charge in [-0.1, -0.05) is 22.7 Å². The molecule has 0 fully saturated rings. The van der Waals surface area contributed by atoms with Crippen LogP contribution in [0.1, 0.15) is 0 Å². The third kappa shape index (κ3) is 2.63. The van der Waals surface area contributed by atoms with Gasteiger partial charge in [-0.2, -0.15) is 0 Å². The average Bonchev–Trinajstić information content (AvgIpc) is 3.10. The lowest BCUT2D eigenvalue weighted by molar-refractivity contribution is 0.537. The van der Waals surface area contributed by atoms with Crippen LogP contribution >= 0.6 is 22.9 Å². The molecule has 0 aliphatic carbocycles. The van der Waals surface area contributed by atoms with E-state index in [0.717, 1.165) is 10.6 Å². The van der Waals surface area contributed by atoms with Gasteiger partial charge in [0.1, 0.15) is 10.7 Å². The molecule has 1 unspecified atom stereocenters. The number of aromatic nitrogens is 2. The number of thiophene rings is 1. The van der Waals surface area contributed by atoms with Crippen LogP contribution in [0, 0.1) is 0 Å². The van der Waals surface area contributed by atoms with Crippen molar-refractivity contribution in [2.45, 2.75) is 0 Å². The van der Waals surface area contributed by atoms with Crippen LogP contribution in [0.4, 0.5) is 10.7 Å². The molecule has 0 bridgehead atoms. The second kappa shape index (κ2) is 5.80. The Morgan fingerprint density at radius 2 is 1.95 bits per heavy atom. The highest BCUT2D eigenvalue weighted by molar-refractivity contribution is 7.81. The van der Waals surface area contributed by atoms with E-state index in [1.54, 1.807) is 30.3 Å². The van der Waals surface area contributed by atoms with Gasteiger partial charge in [0, 0.05) is 5.38 Å². The van der Waals surface area contributed by atoms with Crippen molar-refractivity contribution in [1.29, 1.82) is 0 Å². The quantitative estimate of drug-likeness (QED) is 0.692. The molecule has 0 radical (unpaired) electrons. The number of para-hydroxylation sites is 1. The van der Waals surface area contributed by atoms with E-state index in [-0.39, 0.29) is 0 Å². The highest BCUT2D eigenvalue weighted by Gasteiger charge is 2.14. The first-order valence-corrected chi connectivity index (χ1v) is 8.26. The van der Waals surface area contributed by atoms with Crippen LogP contribution in [0.25, 0.3) is 10.6 Å². The number of hydrogen-bond acceptors (Lipinski definition) is 6. The van der Waals surface area contributed by atoms with Gasteiger partial charge in [0.2, 0.25) is 0 Å². The van der Waals surface area contributed by atoms with Crippen LogP contribution in [0.2, 0.25) is 0 Å². The standard InChI is InChI=1S/C12H9N3O2S3/c16-20(17)15(9-4-2-1-3-5-9)12-7-6-11(19-12)10-8-18-14-13-10/h1-8H,(H,16,17)/p-1. The zero-order valence-electron chi connectivity index (χ0n) is 10.0. The van der Waals surface area contributed by atoms with Crippen LogP contribution in [-0.2, 0) is 11.3 Å². The SMILES string of the molecule is O=S([O-])N(c1ccccc1)c1ccc(-c2csnn2)s1. The molecule has 1 atom stereocenters. The molecule has 0 N–H and O–H groups in total. The molecule has 20 heavy (non-hydrogen) atoms. The predicted molar refractivity (Wildman–Crippen MR) is 80.7 cm³/mol. The van der Waals surface area contributed by atoms with Crippen molar-refractivity contribution in [2.24, 2.45) is 0 Å². The smallest absolute Gasteiger partial charge is 0.115 e. The molecule has 0 saturated carbocycles. The molecule has 102 valence electrons. The summed E-state index contributed by atoms with van der Waals surface area (Å²) in [5.41, 5.74) is 1.36. The molecule has 5 nitrogen and oxygen atoms in total. The largest absolute Gasteiger partial charge is 0.755 e. The minimum Gasteiger partial charge on any atom is -0.755 e. The van der Waals surface area contributed by atoms with Crippen molar-refractivity contribution >= 4 is 44.8 Å². The second-order valence-electron chi connectivity index (χ2n) is 3.78. The van der Waals surface area contributed by atoms with E-state index in [0.29, 0.717) is 10.7 Å². The van der Waals surface area contributed by atoms with Crippen LogP contribution in [0.5, 0.6) is 0 Å². The first kappa shape index (κ1) is 13.4. The second-order valence-corrected chi connectivity index (χ2v) is 6.25. The first-order chi connectivity index (χ1) is 9.75. The molecular weight excluding hydrogens is 314 g/mol. The fourth-order valence-electron chi connectivity index (χ4n) is 1.70. The Labute approximate surface area is 126 Å². The number of benzene rings is 1. The molecule has 2 heterocycles. The number of nitrogens with zero attached hydrogens (tertiary/aromatic N) is 3. The maximum Gasteiger partial charge on any atom is 0.115 e. The molecule has 3 rings (SSSR count). The van der Waals surface area contributed by atoms with Crippen LogP contribution in [0.3, 0.4) is 0 Å². The monoisotopic (exact) mass is 322 g/mol. The van der Waals surface area contributed by atoms with Crippen molar-refractivity contribution in [3.8, 4) is 10.6 Å². The Balaban J connectivity index is 1.99. The van der Waals surface area contributed by atoms with Crippen molar-refractivity contribution < 1.29 is 8.76 Å². The summed E-state index contributed by atoms with van der Waals surface area (Å²) in [6, 6.07) is 12.6. The third-order valence-electron chi connectivity index (χ3n) is 2.54. The Morgan fingerprint density at radius 1 is 1.15 bits per heavy atom. The van der Waals surface area contributed by atoms with E-state index in [1.807, 2.05) is 17.5 Å². The van der Waals surface area contributed by atoms with Gasteiger partial charge in [-0.15, -0.1) is 16.4 Å². The van der Waals surface area contributed by atoms with Gasteiger partial charge in [-0.05, 0) is 35.8 Å². The normalized spacial score (nSPS) is 12.2. The van der Waals surface area contributed by atoms with Crippen LogP contribution in [0.15, 0.2) is 47.8 Å². The number of rotatable bonds is 4. The van der Waals surface area contributed by atoms with Crippen molar-refractivity contribution in [3.05, 3.63) is 47.8 Å². The van der Waals surface area contributed by atoms with Gasteiger partial charge >= 0.3 is 0 Å². The summed E-state index contributed by atoms with van der Waals surface area (Å²) in [6.45, 7) is 0. The fourth-order valence-corrected chi connectivity index (χ4v) is 3.91. The maximum atomic E-state index is 11.5. The van der Waals surface area contributed by atoms with Gasteiger partial charge in [0.05, 0.1) is 21.8 Å². The predicted octanol–water partition coefficient (Wildman–Crippen LogP) is 3.20. The molecule has 8 heteroatoms. The molecule has 0 saturated heterocycles. The van der Waals surface area contributed by atoms with Gasteiger partial charge in [0.25, 0.3) is 0 Å². The Bertz CT molecular complexity index is 713. The number of hydrogen-bond donors (Lipinski definition) is 0. The summed E-state index contributed by atoms with van der Waals surface area (Å²) in [5.74, 6) is 0. The minimum atomic E-state index is -2.38. The Hall–Kier alpha value is -1.61. The minimum absolute atomic E-state index is 0.602. The summed E-state index contributed by atoms with van der Waals surface area (Å²) in [7, 11) is 0. The lowest BCUT2D eigenvalue weighted by Gasteiger charge is -2.24. The van der Waals surface area contributed by atoms with Crippen molar-refractivity contribution in [3.63, 3.8) is 0 Å². The molecule has 2 aromatic heterocycles. The summed E-state index contributed by atoms with van der Waals surface area (Å²) < 4.78 is 28.1. The van der Waals surface area contributed by atoms with Crippen LogP contribution < -0.4 is 4.31 Å². The van der Waals surface area contributed by atoms with Gasteiger partial charge in [-0.3, -0.25) is 8.51 Å². The van der Waals surface area contributed by atoms with Crippen LogP contribution in [-0.4, -0.2) is 18.3 Å². The summed E-state index contributed by atoms with van der Waals surface area (Å²) in [5, 5.41) is 6.43. The first-order valence-electron chi connectivity index (χ1n) is 5.57. The zero-order chi connectivity index (χ0) is 13.9. The number of anilines is 2. The van der Waals surface area contributed by atoms with Gasteiger partial charge in [0.15, 0.2) is 0 Å². The van der Waals surface area contributed by atoms with Gasteiger partial charge in [-0.25, -0.2) is 0 Å². The molecule has 0 spiro atoms. The van der Waals surface area contributed by atoms with Gasteiger partial charge < -0.3 is 4.55 Å². The molecule has 0 aliphatic heterocycles. The summed E-state index contributed by atoms with van der Waals surface area (Å²) in [4.78, 5) is 0.889. The maximum absolute atomic E-state index is 11.5. The van der Waals surface area contributed by atoms with E-state index >= 15 is 0 Å². The van der Waals surface area contributed by atoms with E-state index in [2.05, 4.69) is 9.59 Å². The molecular formula is C12H8N3O2S3-. The lowest BCUT2D eigenvalue weighted by atomic mass is 10.3. The third-order valence-corrected chi connectivity index (χ3v) is 4.96. The van der Waals surface area contributed by atoms with Crippen molar-refractivity contribution in [2.75, 3.05) is 4.31 Å². The molecule has 0 aliphatic rings. The van der Waals surface area contributed by atoms with E-state index < -0.39 is 11.3 Å². The zero-order valence-corrected chi connectivity index (χ0v) is 12.5. The Morgan fingerprint density at radius 3 is 2.60 bits per heavy atom. The van der Waals surface area contributed by atoms with E-state index in [4.69, 9.17) is 0 Å². The van der Waals surface area contributed by atoms with E-state index in [1.165, 1.54) is 27.2 Å². The Kier molecular flexibility index (Phi) is 3.88. The molecule has 3 aromatic rings. The summed E-state index contributed by atoms with van der Waals surface area (Å²) >= 11 is 0.245. The van der Waals surface area contributed by atoms with E-state index in [9.17, 15) is 8.76 Å². The van der Waals surface area contributed by atoms with Crippen molar-refractivity contribution in [1.82, 2.24) is 9.59 Å².